The van der Waals surface area contributed by atoms with E-state index in [0.717, 1.165) is 37.7 Å². The average molecular weight is 499 g/mol. The fraction of sp³-hybridized carbons (Fsp3) is 0.421. The van der Waals surface area contributed by atoms with Crippen molar-refractivity contribution in [1.82, 2.24) is 20.5 Å². The fourth-order valence-corrected chi connectivity index (χ4v) is 3.75. The van der Waals surface area contributed by atoms with Gasteiger partial charge in [0.15, 0.2) is 5.96 Å². The van der Waals surface area contributed by atoms with E-state index in [2.05, 4.69) is 51.7 Å². The molecule has 0 unspecified atom stereocenters. The number of thiazole rings is 1. The summed E-state index contributed by atoms with van der Waals surface area (Å²) >= 11 is 1.37. The smallest absolute Gasteiger partial charge is 0.263 e. The van der Waals surface area contributed by atoms with Gasteiger partial charge >= 0.3 is 0 Å². The molecule has 2 heterocycles. The molecule has 0 bridgehead atoms. The van der Waals surface area contributed by atoms with Crippen molar-refractivity contribution in [2.24, 2.45) is 4.99 Å². The Bertz CT molecular complexity index is 792. The topological polar surface area (TPSA) is 69.6 Å². The second-order valence-electron chi connectivity index (χ2n) is 6.20. The van der Waals surface area contributed by atoms with Crippen LogP contribution >= 0.6 is 35.3 Å². The van der Waals surface area contributed by atoms with Gasteiger partial charge in [0.2, 0.25) is 0 Å². The Morgan fingerprint density at radius 2 is 2.07 bits per heavy atom. The number of aryl methyl sites for hydroxylation is 1. The minimum atomic E-state index is -0.0721. The summed E-state index contributed by atoms with van der Waals surface area (Å²) in [6.45, 7) is 7.62. The van der Waals surface area contributed by atoms with Crippen LogP contribution in [-0.4, -0.2) is 47.9 Å². The van der Waals surface area contributed by atoms with Crippen LogP contribution in [0.25, 0.3) is 0 Å². The minimum Gasteiger partial charge on any atom is -0.357 e. The van der Waals surface area contributed by atoms with E-state index in [1.165, 1.54) is 22.5 Å². The summed E-state index contributed by atoms with van der Waals surface area (Å²) in [5, 5.41) is 6.28. The Labute approximate surface area is 181 Å². The number of carbonyl (C=O) groups excluding carboxylic acids is 1. The fourth-order valence-electron chi connectivity index (χ4n) is 3.03. The molecule has 0 fully saturated rings. The summed E-state index contributed by atoms with van der Waals surface area (Å²) in [6.07, 6.45) is 1.03. The number of nitrogens with zero attached hydrogens (tertiary/aromatic N) is 3. The molecule has 1 aromatic heterocycles. The zero-order valence-electron chi connectivity index (χ0n) is 15.7. The summed E-state index contributed by atoms with van der Waals surface area (Å²) in [5.74, 6) is 0.835. The van der Waals surface area contributed by atoms with E-state index >= 15 is 0 Å². The highest BCUT2D eigenvalue weighted by molar-refractivity contribution is 14.0. The van der Waals surface area contributed by atoms with Crippen LogP contribution in [0, 0.1) is 6.92 Å². The van der Waals surface area contributed by atoms with Crippen molar-refractivity contribution in [3.05, 3.63) is 51.5 Å². The summed E-state index contributed by atoms with van der Waals surface area (Å²) in [4.78, 5) is 23.9. The number of guanidine groups is 1. The zero-order valence-corrected chi connectivity index (χ0v) is 18.8. The first-order valence-corrected chi connectivity index (χ1v) is 9.85. The molecule has 146 valence electrons. The molecule has 0 atom stereocenters. The zero-order chi connectivity index (χ0) is 18.4. The van der Waals surface area contributed by atoms with Crippen LogP contribution in [0.4, 0.5) is 0 Å². The van der Waals surface area contributed by atoms with Crippen LogP contribution in [0.1, 0.15) is 33.4 Å². The van der Waals surface area contributed by atoms with Gasteiger partial charge in [-0.15, -0.1) is 35.3 Å². The molecule has 0 saturated carbocycles. The molecule has 27 heavy (non-hydrogen) atoms. The highest BCUT2D eigenvalue weighted by atomic mass is 127. The van der Waals surface area contributed by atoms with E-state index in [0.29, 0.717) is 18.0 Å². The van der Waals surface area contributed by atoms with Crippen LogP contribution in [0.2, 0.25) is 0 Å². The second kappa shape index (κ2) is 10.6. The van der Waals surface area contributed by atoms with Gasteiger partial charge in [-0.1, -0.05) is 24.3 Å². The number of fused-ring (bicyclic) bond motifs is 1. The molecule has 0 spiro atoms. The van der Waals surface area contributed by atoms with Gasteiger partial charge in [0.05, 0.1) is 17.7 Å². The van der Waals surface area contributed by atoms with Crippen molar-refractivity contribution in [2.45, 2.75) is 26.8 Å². The molecule has 0 radical (unpaired) electrons. The maximum Gasteiger partial charge on any atom is 0.263 e. The molecule has 8 heteroatoms. The number of halogens is 1. The number of hydrogen-bond acceptors (Lipinski definition) is 4. The first-order chi connectivity index (χ1) is 12.7. The molecular weight excluding hydrogens is 473 g/mol. The van der Waals surface area contributed by atoms with Gasteiger partial charge in [-0.05, 0) is 31.4 Å². The number of nitrogens with one attached hydrogen (secondary N) is 2. The average Bonchev–Trinajstić information content (AvgIpc) is 3.09. The van der Waals surface area contributed by atoms with E-state index < -0.39 is 0 Å². The number of rotatable bonds is 5. The first-order valence-electron chi connectivity index (χ1n) is 8.97. The lowest BCUT2D eigenvalue weighted by Crippen LogP contribution is -2.44. The molecule has 2 N–H and O–H groups in total. The molecule has 3 rings (SSSR count). The molecular formula is C19H26IN5OS. The third-order valence-electron chi connectivity index (χ3n) is 4.38. The lowest BCUT2D eigenvalue weighted by molar-refractivity contribution is 0.0958. The van der Waals surface area contributed by atoms with Crippen molar-refractivity contribution in [2.75, 3.05) is 26.2 Å². The van der Waals surface area contributed by atoms with Crippen LogP contribution in [0.15, 0.2) is 34.8 Å². The summed E-state index contributed by atoms with van der Waals surface area (Å²) in [6, 6.07) is 8.57. The first kappa shape index (κ1) is 21.6. The summed E-state index contributed by atoms with van der Waals surface area (Å²) in [7, 11) is 0. The number of carbonyl (C=O) groups is 1. The van der Waals surface area contributed by atoms with Gasteiger partial charge in [-0.25, -0.2) is 4.98 Å². The van der Waals surface area contributed by atoms with E-state index in [1.807, 2.05) is 6.92 Å². The maximum absolute atomic E-state index is 12.1. The van der Waals surface area contributed by atoms with Crippen molar-refractivity contribution in [3.8, 4) is 0 Å². The predicted molar refractivity (Wildman–Crippen MR) is 121 cm³/mol. The van der Waals surface area contributed by atoms with Crippen molar-refractivity contribution in [3.63, 3.8) is 0 Å². The van der Waals surface area contributed by atoms with E-state index in [9.17, 15) is 4.79 Å². The molecule has 1 amide bonds. The summed E-state index contributed by atoms with van der Waals surface area (Å²) < 4.78 is 0. The molecule has 6 nitrogen and oxygen atoms in total. The third kappa shape index (κ3) is 5.65. The number of aliphatic imine (C=N–C) groups is 1. The Morgan fingerprint density at radius 3 is 2.78 bits per heavy atom. The highest BCUT2D eigenvalue weighted by Gasteiger charge is 2.18. The largest absolute Gasteiger partial charge is 0.357 e. The van der Waals surface area contributed by atoms with Gasteiger partial charge in [-0.3, -0.25) is 9.79 Å². The molecule has 1 aliphatic rings. The second-order valence-corrected chi connectivity index (χ2v) is 7.05. The number of amides is 1. The Balaban J connectivity index is 0.00000261. The number of aromatic nitrogens is 1. The van der Waals surface area contributed by atoms with Crippen LogP contribution in [-0.2, 0) is 13.0 Å². The minimum absolute atomic E-state index is 0. The SMILES string of the molecule is CCNC(=NCCNC(=O)c1scnc1C)N1CCc2ccccc2C1.I. The molecule has 1 aromatic carbocycles. The van der Waals surface area contributed by atoms with Crippen LogP contribution in [0.3, 0.4) is 0 Å². The summed E-state index contributed by atoms with van der Waals surface area (Å²) in [5.41, 5.74) is 5.25. The van der Waals surface area contributed by atoms with Crippen molar-refractivity contribution in [1.29, 1.82) is 0 Å². The van der Waals surface area contributed by atoms with E-state index in [-0.39, 0.29) is 29.9 Å². The van der Waals surface area contributed by atoms with Gasteiger partial charge in [-0.2, -0.15) is 0 Å². The normalized spacial score (nSPS) is 13.6. The van der Waals surface area contributed by atoms with Crippen LogP contribution in [0.5, 0.6) is 0 Å². The monoisotopic (exact) mass is 499 g/mol. The molecule has 0 saturated heterocycles. The van der Waals surface area contributed by atoms with Crippen molar-refractivity contribution >= 4 is 47.2 Å². The van der Waals surface area contributed by atoms with Crippen molar-refractivity contribution < 1.29 is 4.79 Å². The number of benzene rings is 1. The van der Waals surface area contributed by atoms with Gasteiger partial charge in [0, 0.05) is 26.2 Å². The third-order valence-corrected chi connectivity index (χ3v) is 5.30. The predicted octanol–water partition coefficient (Wildman–Crippen LogP) is 2.82. The lowest BCUT2D eigenvalue weighted by atomic mass is 10.0. The highest BCUT2D eigenvalue weighted by Crippen LogP contribution is 2.18. The Kier molecular flexibility index (Phi) is 8.49. The van der Waals surface area contributed by atoms with Gasteiger partial charge < -0.3 is 15.5 Å². The molecule has 0 aliphatic carbocycles. The van der Waals surface area contributed by atoms with Crippen LogP contribution < -0.4 is 10.6 Å². The Hall–Kier alpha value is -1.68. The molecule has 1 aliphatic heterocycles. The lowest BCUT2D eigenvalue weighted by Gasteiger charge is -2.31. The Morgan fingerprint density at radius 1 is 1.30 bits per heavy atom. The van der Waals surface area contributed by atoms with E-state index in [4.69, 9.17) is 4.99 Å². The maximum atomic E-state index is 12.1. The number of hydrogen-bond donors (Lipinski definition) is 2. The molecule has 2 aromatic rings. The van der Waals surface area contributed by atoms with Gasteiger partial charge in [0.1, 0.15) is 4.88 Å². The van der Waals surface area contributed by atoms with Gasteiger partial charge in [0.25, 0.3) is 5.91 Å². The standard InChI is InChI=1S/C19H25N5OS.HI/c1-3-20-19(24-11-8-15-6-4-5-7-16(15)12-24)22-10-9-21-18(25)17-14(2)23-13-26-17;/h4-7,13H,3,8-12H2,1-2H3,(H,20,22)(H,21,25);1H. The quantitative estimate of drug-likeness (QED) is 0.288. The van der Waals surface area contributed by atoms with E-state index in [1.54, 1.807) is 5.51 Å².